The van der Waals surface area contributed by atoms with Crippen molar-refractivity contribution < 1.29 is 14.6 Å². The molecule has 0 aliphatic rings. The third kappa shape index (κ3) is 4.53. The van der Waals surface area contributed by atoms with Crippen molar-refractivity contribution in [2.24, 2.45) is 0 Å². The molecule has 0 aliphatic carbocycles. The second kappa shape index (κ2) is 7.90. The highest BCUT2D eigenvalue weighted by atomic mass is 16.5. The number of rotatable bonds is 7. The Morgan fingerprint density at radius 2 is 2.10 bits per heavy atom. The number of likely N-dealkylation sites (N-methyl/N-ethyl adjacent to an activating group) is 1. The monoisotopic (exact) mass is 279 g/mol. The highest BCUT2D eigenvalue weighted by Crippen LogP contribution is 2.23. The molecule has 0 aliphatic heterocycles. The lowest BCUT2D eigenvalue weighted by Crippen LogP contribution is -2.36. The van der Waals surface area contributed by atoms with E-state index in [-0.39, 0.29) is 19.1 Å². The van der Waals surface area contributed by atoms with Crippen LogP contribution in [0.5, 0.6) is 5.75 Å². The molecule has 0 heterocycles. The summed E-state index contributed by atoms with van der Waals surface area (Å²) < 4.78 is 5.54. The van der Waals surface area contributed by atoms with Gasteiger partial charge in [-0.25, -0.2) is 0 Å². The zero-order chi connectivity index (χ0) is 15.1. The third-order valence-corrected chi connectivity index (χ3v) is 3.33. The van der Waals surface area contributed by atoms with Gasteiger partial charge in [0.1, 0.15) is 5.75 Å². The second-order valence-corrected chi connectivity index (χ2v) is 5.16. The van der Waals surface area contributed by atoms with E-state index in [0.717, 1.165) is 0 Å². The standard InChI is InChI=1S/C16H25NO3/c1-5-17(8-9-18)16(19)11-20-14-6-7-15(12(2)3)13(4)10-14/h6-7,10,12,18H,5,8-9,11H2,1-4H3. The van der Waals surface area contributed by atoms with Crippen molar-refractivity contribution in [1.82, 2.24) is 4.90 Å². The van der Waals surface area contributed by atoms with Gasteiger partial charge in [-0.15, -0.1) is 0 Å². The molecule has 1 amide bonds. The normalized spacial score (nSPS) is 10.7. The summed E-state index contributed by atoms with van der Waals surface area (Å²) >= 11 is 0. The Bertz CT molecular complexity index is 443. The topological polar surface area (TPSA) is 49.8 Å². The zero-order valence-electron chi connectivity index (χ0n) is 12.8. The third-order valence-electron chi connectivity index (χ3n) is 3.33. The fraction of sp³-hybridized carbons (Fsp3) is 0.562. The molecular formula is C16H25NO3. The highest BCUT2D eigenvalue weighted by Gasteiger charge is 2.12. The highest BCUT2D eigenvalue weighted by molar-refractivity contribution is 5.77. The number of hydrogen-bond acceptors (Lipinski definition) is 3. The lowest BCUT2D eigenvalue weighted by atomic mass is 9.98. The van der Waals surface area contributed by atoms with Gasteiger partial charge < -0.3 is 14.7 Å². The van der Waals surface area contributed by atoms with Crippen molar-refractivity contribution in [3.05, 3.63) is 29.3 Å². The molecular weight excluding hydrogens is 254 g/mol. The molecule has 1 aromatic rings. The van der Waals surface area contributed by atoms with Crippen LogP contribution in [-0.2, 0) is 4.79 Å². The van der Waals surface area contributed by atoms with Crippen LogP contribution in [0.15, 0.2) is 18.2 Å². The van der Waals surface area contributed by atoms with Crippen molar-refractivity contribution in [1.29, 1.82) is 0 Å². The molecule has 0 spiro atoms. The Kier molecular flexibility index (Phi) is 6.52. The van der Waals surface area contributed by atoms with E-state index in [4.69, 9.17) is 9.84 Å². The van der Waals surface area contributed by atoms with Crippen LogP contribution in [0.25, 0.3) is 0 Å². The van der Waals surface area contributed by atoms with Crippen LogP contribution in [0, 0.1) is 6.92 Å². The maximum atomic E-state index is 11.9. The molecule has 4 heteroatoms. The predicted octanol–water partition coefficient (Wildman–Crippen LogP) is 2.34. The van der Waals surface area contributed by atoms with Gasteiger partial charge in [-0.1, -0.05) is 19.9 Å². The second-order valence-electron chi connectivity index (χ2n) is 5.16. The summed E-state index contributed by atoms with van der Waals surface area (Å²) in [5, 5.41) is 8.89. The molecule has 0 saturated carbocycles. The SMILES string of the molecule is CCN(CCO)C(=O)COc1ccc(C(C)C)c(C)c1. The summed E-state index contributed by atoms with van der Waals surface area (Å²) in [6, 6.07) is 5.91. The Balaban J connectivity index is 2.61. The lowest BCUT2D eigenvalue weighted by molar-refractivity contribution is -0.133. The Morgan fingerprint density at radius 3 is 2.60 bits per heavy atom. The minimum Gasteiger partial charge on any atom is -0.484 e. The summed E-state index contributed by atoms with van der Waals surface area (Å²) in [5.74, 6) is 1.08. The van der Waals surface area contributed by atoms with E-state index in [1.54, 1.807) is 4.90 Å². The quantitative estimate of drug-likeness (QED) is 0.833. The number of carbonyl (C=O) groups excluding carboxylic acids is 1. The predicted molar refractivity (Wildman–Crippen MR) is 80.1 cm³/mol. The van der Waals surface area contributed by atoms with Gasteiger partial charge in [0.15, 0.2) is 6.61 Å². The van der Waals surface area contributed by atoms with Crippen LogP contribution in [0.2, 0.25) is 0 Å². The van der Waals surface area contributed by atoms with E-state index in [1.807, 2.05) is 32.0 Å². The van der Waals surface area contributed by atoms with Gasteiger partial charge in [-0.2, -0.15) is 0 Å². The molecule has 0 saturated heterocycles. The van der Waals surface area contributed by atoms with E-state index in [0.29, 0.717) is 24.8 Å². The van der Waals surface area contributed by atoms with E-state index >= 15 is 0 Å². The first-order chi connectivity index (χ1) is 9.49. The molecule has 0 fully saturated rings. The van der Waals surface area contributed by atoms with E-state index in [2.05, 4.69) is 13.8 Å². The molecule has 0 unspecified atom stereocenters. The van der Waals surface area contributed by atoms with Gasteiger partial charge >= 0.3 is 0 Å². The van der Waals surface area contributed by atoms with Crippen molar-refractivity contribution >= 4 is 5.91 Å². The van der Waals surface area contributed by atoms with Crippen LogP contribution >= 0.6 is 0 Å². The summed E-state index contributed by atoms with van der Waals surface area (Å²) in [6.07, 6.45) is 0. The largest absolute Gasteiger partial charge is 0.484 e. The number of aliphatic hydroxyl groups excluding tert-OH is 1. The minimum absolute atomic E-state index is 0.00824. The molecule has 112 valence electrons. The average molecular weight is 279 g/mol. The summed E-state index contributed by atoms with van der Waals surface area (Å²) in [7, 11) is 0. The van der Waals surface area contributed by atoms with Gasteiger partial charge in [-0.3, -0.25) is 4.79 Å². The summed E-state index contributed by atoms with van der Waals surface area (Å²) in [4.78, 5) is 13.5. The van der Waals surface area contributed by atoms with Gasteiger partial charge in [0.05, 0.1) is 6.61 Å². The summed E-state index contributed by atoms with van der Waals surface area (Å²) in [6.45, 7) is 9.15. The minimum atomic E-state index is -0.105. The zero-order valence-corrected chi connectivity index (χ0v) is 12.8. The van der Waals surface area contributed by atoms with Gasteiger partial charge in [0.25, 0.3) is 5.91 Å². The molecule has 0 radical (unpaired) electrons. The van der Waals surface area contributed by atoms with Crippen molar-refractivity contribution in [2.75, 3.05) is 26.3 Å². The molecule has 1 N–H and O–H groups in total. The number of carbonyl (C=O) groups is 1. The molecule has 0 atom stereocenters. The van der Waals surface area contributed by atoms with Crippen LogP contribution in [-0.4, -0.2) is 42.2 Å². The number of aliphatic hydroxyl groups is 1. The van der Waals surface area contributed by atoms with Crippen molar-refractivity contribution in [3.63, 3.8) is 0 Å². The molecule has 0 bridgehead atoms. The fourth-order valence-corrected chi connectivity index (χ4v) is 2.20. The van der Waals surface area contributed by atoms with E-state index in [9.17, 15) is 4.79 Å². The van der Waals surface area contributed by atoms with Crippen LogP contribution < -0.4 is 4.74 Å². The molecule has 1 rings (SSSR count). The molecule has 4 nitrogen and oxygen atoms in total. The smallest absolute Gasteiger partial charge is 0.260 e. The van der Waals surface area contributed by atoms with Crippen molar-refractivity contribution in [2.45, 2.75) is 33.6 Å². The Labute approximate surface area is 121 Å². The van der Waals surface area contributed by atoms with Gasteiger partial charge in [0, 0.05) is 13.1 Å². The Hall–Kier alpha value is -1.55. The number of nitrogens with zero attached hydrogens (tertiary/aromatic N) is 1. The number of ether oxygens (including phenoxy) is 1. The Morgan fingerprint density at radius 1 is 1.40 bits per heavy atom. The number of amides is 1. The van der Waals surface area contributed by atoms with Crippen LogP contribution in [0.1, 0.15) is 37.8 Å². The number of aryl methyl sites for hydroxylation is 1. The molecule has 1 aromatic carbocycles. The maximum absolute atomic E-state index is 11.9. The fourth-order valence-electron chi connectivity index (χ4n) is 2.20. The number of benzene rings is 1. The summed E-state index contributed by atoms with van der Waals surface area (Å²) in [5.41, 5.74) is 2.46. The van der Waals surface area contributed by atoms with Crippen LogP contribution in [0.4, 0.5) is 0 Å². The first-order valence-electron chi connectivity index (χ1n) is 7.11. The first-order valence-corrected chi connectivity index (χ1v) is 7.11. The number of hydrogen-bond donors (Lipinski definition) is 1. The average Bonchev–Trinajstić information content (AvgIpc) is 2.41. The van der Waals surface area contributed by atoms with Crippen molar-refractivity contribution in [3.8, 4) is 5.75 Å². The first kappa shape index (κ1) is 16.5. The van der Waals surface area contributed by atoms with E-state index < -0.39 is 0 Å². The molecule has 20 heavy (non-hydrogen) atoms. The maximum Gasteiger partial charge on any atom is 0.260 e. The van der Waals surface area contributed by atoms with Gasteiger partial charge in [-0.05, 0) is 43.0 Å². The van der Waals surface area contributed by atoms with Gasteiger partial charge in [0.2, 0.25) is 0 Å². The van der Waals surface area contributed by atoms with E-state index in [1.165, 1.54) is 11.1 Å². The molecule has 0 aromatic heterocycles. The lowest BCUT2D eigenvalue weighted by Gasteiger charge is -2.20. The van der Waals surface area contributed by atoms with Crippen LogP contribution in [0.3, 0.4) is 0 Å².